The third kappa shape index (κ3) is 14.9. The van der Waals surface area contributed by atoms with Gasteiger partial charge in [0.2, 0.25) is 0 Å². The van der Waals surface area contributed by atoms with E-state index in [-0.39, 0.29) is 12.4 Å². The van der Waals surface area contributed by atoms with Gasteiger partial charge in [0.1, 0.15) is 43.3 Å². The van der Waals surface area contributed by atoms with Crippen LogP contribution in [0.25, 0.3) is 0 Å². The number of fused-ring (bicyclic) bond motifs is 8. The second-order valence-electron chi connectivity index (χ2n) is 22.0. The zero-order valence-corrected chi connectivity index (χ0v) is 54.1. The molecule has 0 unspecified atom stereocenters. The first kappa shape index (κ1) is 61.5. The zero-order valence-electron chi connectivity index (χ0n) is 50.1. The molecule has 454 valence electrons. The second-order valence-corrected chi connectivity index (χ2v) is 27.1. The van der Waals surface area contributed by atoms with Crippen molar-refractivity contribution in [3.63, 3.8) is 0 Å². The lowest BCUT2D eigenvalue weighted by Crippen LogP contribution is -2.47. The molecule has 0 atom stereocenters. The number of hydrogen-bond acceptors (Lipinski definition) is 21. The van der Waals surface area contributed by atoms with Crippen LogP contribution in [0.1, 0.15) is 41.8 Å². The van der Waals surface area contributed by atoms with Gasteiger partial charge in [-0.25, -0.2) is 20.0 Å². The Labute approximate surface area is 533 Å². The number of amidine groups is 4. The Bertz CT molecular complexity index is 3640. The Morgan fingerprint density at radius 2 is 0.632 bits per heavy atom. The molecule has 10 N–H and O–H groups in total. The highest BCUT2D eigenvalue weighted by Gasteiger charge is 2.28. The van der Waals surface area contributed by atoms with Gasteiger partial charge in [-0.3, -0.25) is 0 Å². The third-order valence-corrected chi connectivity index (χ3v) is 19.4. The molecule has 0 spiro atoms. The van der Waals surface area contributed by atoms with Crippen LogP contribution in [-0.2, 0) is 0 Å². The molecule has 4 aromatic heterocycles. The summed E-state index contributed by atoms with van der Waals surface area (Å²) in [5.74, 6) is 3.91. The fraction of sp³-hybridized carbons (Fsp3) is 0.323. The van der Waals surface area contributed by atoms with Crippen LogP contribution in [-0.4, -0.2) is 155 Å². The average molecular weight is 1260 g/mol. The van der Waals surface area contributed by atoms with E-state index in [2.05, 4.69) is 187 Å². The van der Waals surface area contributed by atoms with Crippen LogP contribution in [0.15, 0.2) is 141 Å². The molecule has 17 nitrogen and oxygen atoms in total. The van der Waals surface area contributed by atoms with E-state index in [0.29, 0.717) is 5.84 Å². The molecule has 8 aromatic rings. The minimum absolute atomic E-state index is 0. The second kappa shape index (κ2) is 28.8. The van der Waals surface area contributed by atoms with Crippen LogP contribution < -0.4 is 48.3 Å². The standard InChI is InChI=1S/C17H20N4S.2C16H18N4S.C12H11N3S.C4H10N2.ClH/c1-12-11-13-16(21-9-7-20(2)8-10-21)18-14-5-3-4-6-15(14)19-17(13)22-12;2*1-11-10-12-15(20-8-6-17-7-9-20)18-13-4-2-3-5-14(13)19-16(12)21-11;1-7-6-8-11(13)14-9-4-2-3-5-10(9)15-12(8)16-7;1-2-6-4-3-5-1;/h3-6,11,19H,7-10H2,1-2H3;2*2-5,10,17,19H,6-9H2,1H3;2-6,15H,1H3,(H2,13,14);5-6H,1-4H2;1H. The molecule has 0 saturated carbocycles. The molecule has 4 aromatic carbocycles. The molecular formula is C65H78ClN17S4. The highest BCUT2D eigenvalue weighted by Crippen LogP contribution is 2.43. The number of nitrogens with zero attached hydrogens (tertiary/aromatic N) is 8. The summed E-state index contributed by atoms with van der Waals surface area (Å²) in [5, 5.41) is 32.0. The number of aryl methyl sites for hydroxylation is 4. The van der Waals surface area contributed by atoms with E-state index in [9.17, 15) is 0 Å². The smallest absolute Gasteiger partial charge is 0.139 e. The first-order chi connectivity index (χ1) is 42.1. The Hall–Kier alpha value is -7.15. The number of benzene rings is 4. The van der Waals surface area contributed by atoms with Crippen LogP contribution in [0.4, 0.5) is 65.5 Å². The maximum absolute atomic E-state index is 5.99. The van der Waals surface area contributed by atoms with Gasteiger partial charge in [0.25, 0.3) is 0 Å². The molecule has 0 amide bonds. The van der Waals surface area contributed by atoms with Gasteiger partial charge in [0.15, 0.2) is 0 Å². The maximum atomic E-state index is 5.99. The molecule has 8 aliphatic rings. The molecule has 8 aliphatic heterocycles. The third-order valence-electron chi connectivity index (χ3n) is 15.5. The normalized spacial score (nSPS) is 17.0. The minimum Gasteiger partial charge on any atom is -0.383 e. The first-order valence-corrected chi connectivity index (χ1v) is 33.1. The van der Waals surface area contributed by atoms with Gasteiger partial charge in [0, 0.05) is 124 Å². The highest BCUT2D eigenvalue weighted by atomic mass is 35.5. The highest BCUT2D eigenvalue weighted by molar-refractivity contribution is 7.17. The van der Waals surface area contributed by atoms with Crippen molar-refractivity contribution >= 4 is 147 Å². The van der Waals surface area contributed by atoms with Gasteiger partial charge in [-0.15, -0.1) is 57.8 Å². The number of nitrogens with two attached hydrogens (primary N) is 1. The fourth-order valence-electron chi connectivity index (χ4n) is 11.1. The summed E-state index contributed by atoms with van der Waals surface area (Å²) in [7, 11) is 2.18. The van der Waals surface area contributed by atoms with Crippen molar-refractivity contribution in [2.24, 2.45) is 25.7 Å². The largest absolute Gasteiger partial charge is 0.383 e. The monoisotopic (exact) mass is 1260 g/mol. The lowest BCUT2D eigenvalue weighted by molar-refractivity contribution is 0.216. The number of nitrogens with one attached hydrogen (secondary N) is 8. The Kier molecular flexibility index (Phi) is 20.3. The van der Waals surface area contributed by atoms with E-state index in [1.165, 1.54) is 51.2 Å². The van der Waals surface area contributed by atoms with Crippen molar-refractivity contribution < 1.29 is 0 Å². The maximum Gasteiger partial charge on any atom is 0.139 e. The number of halogens is 1. The summed E-state index contributed by atoms with van der Waals surface area (Å²) in [6, 6.07) is 41.6. The Morgan fingerprint density at radius 1 is 0.356 bits per heavy atom. The molecule has 22 heteroatoms. The van der Waals surface area contributed by atoms with Crippen molar-refractivity contribution in [2.75, 3.05) is 133 Å². The average Bonchev–Trinajstić information content (AvgIpc) is 3.70. The van der Waals surface area contributed by atoms with Crippen molar-refractivity contribution in [3.05, 3.63) is 163 Å². The molecule has 0 bridgehead atoms. The number of anilines is 8. The van der Waals surface area contributed by atoms with Crippen LogP contribution in [0.2, 0.25) is 0 Å². The Morgan fingerprint density at radius 3 is 0.966 bits per heavy atom. The molecular weight excluding hydrogens is 1180 g/mol. The minimum atomic E-state index is 0. The summed E-state index contributed by atoms with van der Waals surface area (Å²) in [4.78, 5) is 34.2. The summed E-state index contributed by atoms with van der Waals surface area (Å²) in [5.41, 5.74) is 18.9. The number of rotatable bonds is 0. The van der Waals surface area contributed by atoms with Crippen molar-refractivity contribution in [3.8, 4) is 0 Å². The van der Waals surface area contributed by atoms with Gasteiger partial charge < -0.3 is 67.9 Å². The number of thiophene rings is 4. The Balaban J connectivity index is 0.000000116. The number of aliphatic imine (C=N–C) groups is 4. The first-order valence-electron chi connectivity index (χ1n) is 29.8. The summed E-state index contributed by atoms with van der Waals surface area (Å²) in [6.45, 7) is 25.5. The summed E-state index contributed by atoms with van der Waals surface area (Å²) in [6.07, 6.45) is 0. The lowest BCUT2D eigenvalue weighted by Gasteiger charge is -2.34. The quantitative estimate of drug-likeness (QED) is 0.0700. The predicted octanol–water partition coefficient (Wildman–Crippen LogP) is 12.4. The van der Waals surface area contributed by atoms with Gasteiger partial charge in [-0.05, 0) is 108 Å². The fourth-order valence-corrected chi connectivity index (χ4v) is 14.8. The van der Waals surface area contributed by atoms with E-state index >= 15 is 0 Å². The van der Waals surface area contributed by atoms with Crippen molar-refractivity contribution in [1.29, 1.82) is 0 Å². The topological polar surface area (TPSA) is 185 Å². The number of piperazine rings is 4. The van der Waals surface area contributed by atoms with Crippen molar-refractivity contribution in [2.45, 2.75) is 27.7 Å². The zero-order chi connectivity index (χ0) is 58.9. The van der Waals surface area contributed by atoms with E-state index < -0.39 is 0 Å². The van der Waals surface area contributed by atoms with Crippen molar-refractivity contribution in [1.82, 2.24) is 40.9 Å². The van der Waals surface area contributed by atoms with Crippen LogP contribution in [0.5, 0.6) is 0 Å². The van der Waals surface area contributed by atoms with E-state index in [0.717, 1.165) is 178 Å². The van der Waals surface area contributed by atoms with Gasteiger partial charge in [-0.1, -0.05) is 48.5 Å². The molecule has 12 heterocycles. The van der Waals surface area contributed by atoms with E-state index in [4.69, 9.17) is 20.7 Å². The summed E-state index contributed by atoms with van der Waals surface area (Å²) < 4.78 is 0. The summed E-state index contributed by atoms with van der Waals surface area (Å²) >= 11 is 7.11. The number of para-hydroxylation sites is 8. The van der Waals surface area contributed by atoms with E-state index in [1.807, 2.05) is 36.4 Å². The lowest BCUT2D eigenvalue weighted by atomic mass is 10.2. The van der Waals surface area contributed by atoms with Crippen LogP contribution in [0, 0.1) is 27.7 Å². The SMILES string of the molecule is C1CNCCN1.Cc1cc2c(s1)Nc1ccccc1N=C2N.Cc1cc2c(s1)Nc1ccccc1N=C2N1CCN(C)CC1.Cc1cc2c(s1)Nc1ccccc1N=C2N1CCNCC1.Cc1cc2c(s1)Nc1ccccc1N=C2N1CCNCC1.Cl. The van der Waals surface area contributed by atoms with Crippen LogP contribution in [0.3, 0.4) is 0 Å². The molecule has 87 heavy (non-hydrogen) atoms. The number of hydrogen-bond donors (Lipinski definition) is 9. The molecule has 0 radical (unpaired) electrons. The molecule has 16 rings (SSSR count). The van der Waals surface area contributed by atoms with E-state index in [1.54, 1.807) is 45.3 Å². The molecule has 4 saturated heterocycles. The number of likely N-dealkylation sites (N-methyl/N-ethyl adjacent to an activating group) is 1. The molecule has 4 fully saturated rings. The van der Waals surface area contributed by atoms with Gasteiger partial charge in [0.05, 0.1) is 67.8 Å². The van der Waals surface area contributed by atoms with Gasteiger partial charge >= 0.3 is 0 Å². The molecule has 0 aliphatic carbocycles. The predicted molar refractivity (Wildman–Crippen MR) is 375 cm³/mol. The van der Waals surface area contributed by atoms with Gasteiger partial charge in [-0.2, -0.15) is 0 Å². The van der Waals surface area contributed by atoms with Crippen LogP contribution >= 0.6 is 57.8 Å².